The van der Waals surface area contributed by atoms with E-state index in [1.54, 1.807) is 0 Å². The molecule has 0 spiro atoms. The molecule has 0 fully saturated rings. The molecule has 0 saturated carbocycles. The maximum atomic E-state index is 13.2. The van der Waals surface area contributed by atoms with Gasteiger partial charge in [-0.05, 0) is 20.0 Å². The van der Waals surface area contributed by atoms with E-state index in [1.807, 2.05) is 7.05 Å². The lowest BCUT2D eigenvalue weighted by Gasteiger charge is -2.12. The van der Waals surface area contributed by atoms with E-state index >= 15 is 0 Å². The van der Waals surface area contributed by atoms with E-state index in [0.717, 1.165) is 43.3 Å². The molecule has 1 aromatic carbocycles. The summed E-state index contributed by atoms with van der Waals surface area (Å²) < 4.78 is 18.8. The molecule has 3 nitrogen and oxygen atoms in total. The Bertz CT molecular complexity index is 576. The summed E-state index contributed by atoms with van der Waals surface area (Å²) in [5, 5.41) is 10.5. The van der Waals surface area contributed by atoms with Crippen molar-refractivity contribution in [3.8, 4) is 5.75 Å². The first-order chi connectivity index (χ1) is 8.15. The van der Waals surface area contributed by atoms with Crippen molar-refractivity contribution in [3.63, 3.8) is 0 Å². The highest BCUT2D eigenvalue weighted by molar-refractivity contribution is 5.88. The number of hydrogen-bond donors (Lipinski definition) is 1. The lowest BCUT2D eigenvalue weighted by atomic mass is 10.1. The Kier molecular flexibility index (Phi) is 2.33. The number of phenols is 1. The van der Waals surface area contributed by atoms with E-state index in [4.69, 9.17) is 4.42 Å². The molecule has 17 heavy (non-hydrogen) atoms. The van der Waals surface area contributed by atoms with Crippen molar-refractivity contribution < 1.29 is 13.9 Å². The Hall–Kier alpha value is -1.55. The first kappa shape index (κ1) is 10.6. The van der Waals surface area contributed by atoms with Gasteiger partial charge in [-0.1, -0.05) is 0 Å². The molecule has 1 N–H and O–H groups in total. The average molecular weight is 235 g/mol. The zero-order valence-electron chi connectivity index (χ0n) is 9.66. The van der Waals surface area contributed by atoms with Crippen molar-refractivity contribution in [3.05, 3.63) is 29.3 Å². The number of benzene rings is 1. The normalized spacial score (nSPS) is 17.1. The van der Waals surface area contributed by atoms with Gasteiger partial charge in [-0.2, -0.15) is 0 Å². The van der Waals surface area contributed by atoms with Gasteiger partial charge in [0.15, 0.2) is 0 Å². The lowest BCUT2D eigenvalue weighted by molar-refractivity contribution is 0.333. The summed E-state index contributed by atoms with van der Waals surface area (Å²) >= 11 is 0. The second-order valence-electron chi connectivity index (χ2n) is 4.64. The molecule has 0 bridgehead atoms. The van der Waals surface area contributed by atoms with Crippen molar-refractivity contribution >= 4 is 11.0 Å². The van der Waals surface area contributed by atoms with Gasteiger partial charge in [0.25, 0.3) is 0 Å². The molecule has 4 heteroatoms. The predicted octanol–water partition coefficient (Wildman–Crippen LogP) is 2.66. The Morgan fingerprint density at radius 2 is 2.24 bits per heavy atom. The van der Waals surface area contributed by atoms with Crippen LogP contribution in [0.4, 0.5) is 4.39 Å². The highest BCUT2D eigenvalue weighted by atomic mass is 19.1. The Morgan fingerprint density at radius 3 is 3.06 bits per heavy atom. The molecular weight excluding hydrogens is 221 g/mol. The number of phenolic OH excluding ortho intramolecular Hbond substituents is 1. The number of furan rings is 1. The number of fused-ring (bicyclic) bond motifs is 3. The Balaban J connectivity index is 2.26. The van der Waals surface area contributed by atoms with Crippen LogP contribution in [0.25, 0.3) is 11.0 Å². The molecule has 0 atom stereocenters. The van der Waals surface area contributed by atoms with Gasteiger partial charge in [0.1, 0.15) is 22.9 Å². The third-order valence-corrected chi connectivity index (χ3v) is 3.29. The van der Waals surface area contributed by atoms with Crippen LogP contribution in [-0.2, 0) is 13.0 Å². The van der Waals surface area contributed by atoms with Crippen LogP contribution in [0.1, 0.15) is 17.7 Å². The molecule has 0 saturated heterocycles. The number of rotatable bonds is 0. The van der Waals surface area contributed by atoms with Gasteiger partial charge in [0, 0.05) is 30.7 Å². The molecular formula is C13H14FNO2. The summed E-state index contributed by atoms with van der Waals surface area (Å²) in [6.07, 6.45) is 1.86. The van der Waals surface area contributed by atoms with Crippen molar-refractivity contribution in [2.75, 3.05) is 13.6 Å². The SMILES string of the molecule is CN1CCCc2oc3cc(F)cc(O)c3c2C1. The zero-order chi connectivity index (χ0) is 12.0. The Morgan fingerprint density at radius 1 is 1.41 bits per heavy atom. The summed E-state index contributed by atoms with van der Waals surface area (Å²) in [6, 6.07) is 2.48. The number of hydrogen-bond acceptors (Lipinski definition) is 3. The molecule has 0 unspecified atom stereocenters. The summed E-state index contributed by atoms with van der Waals surface area (Å²) in [5.41, 5.74) is 1.44. The molecule has 0 aliphatic carbocycles. The summed E-state index contributed by atoms with van der Waals surface area (Å²) in [6.45, 7) is 1.75. The van der Waals surface area contributed by atoms with E-state index < -0.39 is 5.82 Å². The van der Waals surface area contributed by atoms with Crippen LogP contribution in [0.5, 0.6) is 5.75 Å². The molecule has 0 amide bonds. The number of nitrogens with zero attached hydrogens (tertiary/aromatic N) is 1. The molecule has 0 radical (unpaired) electrons. The van der Waals surface area contributed by atoms with Gasteiger partial charge in [0.05, 0.1) is 5.39 Å². The second-order valence-corrected chi connectivity index (χ2v) is 4.64. The van der Waals surface area contributed by atoms with Gasteiger partial charge >= 0.3 is 0 Å². The summed E-state index contributed by atoms with van der Waals surface area (Å²) in [7, 11) is 2.04. The molecule has 1 aliphatic rings. The van der Waals surface area contributed by atoms with Gasteiger partial charge in [0.2, 0.25) is 0 Å². The minimum atomic E-state index is -0.465. The van der Waals surface area contributed by atoms with Crippen LogP contribution in [0, 0.1) is 5.82 Å². The minimum Gasteiger partial charge on any atom is -0.507 e. The van der Waals surface area contributed by atoms with E-state index in [0.29, 0.717) is 11.0 Å². The standard InChI is InChI=1S/C13H14FNO2/c1-15-4-2-3-11-9(7-15)13-10(16)5-8(14)6-12(13)17-11/h5-6,16H,2-4,7H2,1H3. The van der Waals surface area contributed by atoms with Gasteiger partial charge < -0.3 is 14.4 Å². The number of halogens is 1. The van der Waals surface area contributed by atoms with Crippen LogP contribution < -0.4 is 0 Å². The third kappa shape index (κ3) is 1.69. The predicted molar refractivity (Wildman–Crippen MR) is 62.5 cm³/mol. The number of aryl methyl sites for hydroxylation is 1. The Labute approximate surface area is 98.4 Å². The average Bonchev–Trinajstić information content (AvgIpc) is 2.46. The fourth-order valence-corrected chi connectivity index (χ4v) is 2.51. The second kappa shape index (κ2) is 3.74. The van der Waals surface area contributed by atoms with Crippen LogP contribution in [0.15, 0.2) is 16.5 Å². The van der Waals surface area contributed by atoms with E-state index in [9.17, 15) is 9.50 Å². The van der Waals surface area contributed by atoms with E-state index in [1.165, 1.54) is 6.07 Å². The van der Waals surface area contributed by atoms with Crippen LogP contribution in [0.3, 0.4) is 0 Å². The zero-order valence-corrected chi connectivity index (χ0v) is 9.66. The topological polar surface area (TPSA) is 36.6 Å². The minimum absolute atomic E-state index is 0.0275. The maximum absolute atomic E-state index is 13.2. The molecule has 1 aromatic heterocycles. The fourth-order valence-electron chi connectivity index (χ4n) is 2.51. The quantitative estimate of drug-likeness (QED) is 0.762. The van der Waals surface area contributed by atoms with Gasteiger partial charge in [-0.3, -0.25) is 0 Å². The smallest absolute Gasteiger partial charge is 0.141 e. The highest BCUT2D eigenvalue weighted by Crippen LogP contribution is 2.36. The van der Waals surface area contributed by atoms with Gasteiger partial charge in [-0.25, -0.2) is 4.39 Å². The third-order valence-electron chi connectivity index (χ3n) is 3.29. The fraction of sp³-hybridized carbons (Fsp3) is 0.385. The van der Waals surface area contributed by atoms with Crippen molar-refractivity contribution in [2.45, 2.75) is 19.4 Å². The van der Waals surface area contributed by atoms with Gasteiger partial charge in [-0.15, -0.1) is 0 Å². The number of aromatic hydroxyl groups is 1. The first-order valence-electron chi connectivity index (χ1n) is 5.76. The van der Waals surface area contributed by atoms with Crippen LogP contribution in [0.2, 0.25) is 0 Å². The largest absolute Gasteiger partial charge is 0.507 e. The maximum Gasteiger partial charge on any atom is 0.141 e. The summed E-state index contributed by atoms with van der Waals surface area (Å²) in [5.74, 6) is 0.387. The molecule has 90 valence electrons. The van der Waals surface area contributed by atoms with Crippen molar-refractivity contribution in [1.82, 2.24) is 4.90 Å². The van der Waals surface area contributed by atoms with Crippen LogP contribution >= 0.6 is 0 Å². The lowest BCUT2D eigenvalue weighted by Crippen LogP contribution is -2.17. The molecule has 2 heterocycles. The van der Waals surface area contributed by atoms with Crippen molar-refractivity contribution in [1.29, 1.82) is 0 Å². The van der Waals surface area contributed by atoms with Crippen LogP contribution in [-0.4, -0.2) is 23.6 Å². The molecule has 1 aliphatic heterocycles. The van der Waals surface area contributed by atoms with E-state index in [2.05, 4.69) is 4.90 Å². The summed E-state index contributed by atoms with van der Waals surface area (Å²) in [4.78, 5) is 2.18. The monoisotopic (exact) mass is 235 g/mol. The molecule has 2 aromatic rings. The van der Waals surface area contributed by atoms with Crippen molar-refractivity contribution in [2.24, 2.45) is 0 Å². The first-order valence-corrected chi connectivity index (χ1v) is 5.76. The highest BCUT2D eigenvalue weighted by Gasteiger charge is 2.21. The molecule has 3 rings (SSSR count). The van der Waals surface area contributed by atoms with E-state index in [-0.39, 0.29) is 5.75 Å².